The molecule has 0 bridgehead atoms. The molecule has 2 aromatic carbocycles. The first-order valence-electron chi connectivity index (χ1n) is 10.7. The molecule has 8 nitrogen and oxygen atoms in total. The number of Topliss-reactive ketones (excluding diaryl/α,β-unsaturated/α-hetero) is 1. The minimum absolute atomic E-state index is 0.000813. The Morgan fingerprint density at radius 2 is 1.65 bits per heavy atom. The van der Waals surface area contributed by atoms with Crippen LogP contribution in [0.25, 0.3) is 11.3 Å². The standard InChI is InChI=1S/C26H26N2O6/c1-26(2,3)24(30)21-22(20-18(32-4)7-6-8-19(20)33-5)28(25(31)23(21)29)16-11-9-15(10-12-16)17-13-14-34-27-17/h6-14,22,29H,1-5H3. The maximum absolute atomic E-state index is 13.5. The zero-order valence-electron chi connectivity index (χ0n) is 19.7. The molecule has 176 valence electrons. The molecule has 4 rings (SSSR count). The Morgan fingerprint density at radius 1 is 1.03 bits per heavy atom. The lowest BCUT2D eigenvalue weighted by atomic mass is 9.82. The minimum atomic E-state index is -0.955. The lowest BCUT2D eigenvalue weighted by Crippen LogP contribution is -2.33. The van der Waals surface area contributed by atoms with Crippen LogP contribution in [0.1, 0.15) is 32.4 Å². The van der Waals surface area contributed by atoms with E-state index in [2.05, 4.69) is 5.16 Å². The second-order valence-electron chi connectivity index (χ2n) is 8.93. The Kier molecular flexibility index (Phi) is 5.91. The number of carbonyl (C=O) groups excluding carboxylic acids is 2. The highest BCUT2D eigenvalue weighted by atomic mass is 16.5. The van der Waals surface area contributed by atoms with E-state index in [9.17, 15) is 14.7 Å². The van der Waals surface area contributed by atoms with Gasteiger partial charge in [0.1, 0.15) is 29.5 Å². The number of ether oxygens (including phenoxy) is 2. The van der Waals surface area contributed by atoms with Gasteiger partial charge >= 0.3 is 0 Å². The van der Waals surface area contributed by atoms with Crippen LogP contribution in [0.4, 0.5) is 5.69 Å². The number of aliphatic hydroxyl groups excluding tert-OH is 1. The number of hydrogen-bond acceptors (Lipinski definition) is 7. The fourth-order valence-corrected chi connectivity index (χ4v) is 4.08. The Hall–Kier alpha value is -4.07. The van der Waals surface area contributed by atoms with Gasteiger partial charge in [0.25, 0.3) is 5.91 Å². The maximum Gasteiger partial charge on any atom is 0.294 e. The van der Waals surface area contributed by atoms with Crippen LogP contribution in [-0.2, 0) is 9.59 Å². The van der Waals surface area contributed by atoms with Gasteiger partial charge in [-0.15, -0.1) is 0 Å². The largest absolute Gasteiger partial charge is 0.503 e. The average Bonchev–Trinajstić information content (AvgIpc) is 3.45. The molecule has 1 aliphatic rings. The number of benzene rings is 2. The molecule has 1 N–H and O–H groups in total. The molecule has 1 aromatic heterocycles. The predicted molar refractivity (Wildman–Crippen MR) is 126 cm³/mol. The highest BCUT2D eigenvalue weighted by Gasteiger charge is 2.48. The number of ketones is 1. The third-order valence-corrected chi connectivity index (χ3v) is 5.75. The summed E-state index contributed by atoms with van der Waals surface area (Å²) in [6.07, 6.45) is 1.48. The Bertz CT molecular complexity index is 1230. The molecule has 0 radical (unpaired) electrons. The number of methoxy groups -OCH3 is 2. The van der Waals surface area contributed by atoms with Crippen LogP contribution in [0, 0.1) is 5.41 Å². The second-order valence-corrected chi connectivity index (χ2v) is 8.93. The number of amides is 1. The van der Waals surface area contributed by atoms with Gasteiger partial charge < -0.3 is 19.1 Å². The number of aromatic nitrogens is 1. The van der Waals surface area contributed by atoms with Gasteiger partial charge in [-0.25, -0.2) is 0 Å². The monoisotopic (exact) mass is 462 g/mol. The molecule has 1 atom stereocenters. The van der Waals surface area contributed by atoms with E-state index in [1.54, 1.807) is 69.3 Å². The molecular weight excluding hydrogens is 436 g/mol. The molecular formula is C26H26N2O6. The van der Waals surface area contributed by atoms with Gasteiger partial charge in [-0.2, -0.15) is 0 Å². The summed E-state index contributed by atoms with van der Waals surface area (Å²) in [5, 5.41) is 14.9. The summed E-state index contributed by atoms with van der Waals surface area (Å²) in [5.41, 5.74) is 1.55. The number of nitrogens with zero attached hydrogens (tertiary/aromatic N) is 2. The fourth-order valence-electron chi connectivity index (χ4n) is 4.08. The summed E-state index contributed by atoms with van der Waals surface area (Å²) in [4.78, 5) is 28.3. The Balaban J connectivity index is 1.92. The van der Waals surface area contributed by atoms with Crippen molar-refractivity contribution in [2.45, 2.75) is 26.8 Å². The smallest absolute Gasteiger partial charge is 0.294 e. The summed E-state index contributed by atoms with van der Waals surface area (Å²) < 4.78 is 16.1. The van der Waals surface area contributed by atoms with Crippen molar-refractivity contribution in [2.75, 3.05) is 19.1 Å². The molecule has 1 aliphatic heterocycles. The van der Waals surface area contributed by atoms with Crippen molar-refractivity contribution in [3.8, 4) is 22.8 Å². The van der Waals surface area contributed by atoms with Gasteiger partial charge in [0, 0.05) is 22.7 Å². The second kappa shape index (κ2) is 8.70. The van der Waals surface area contributed by atoms with Gasteiger partial charge in [-0.1, -0.05) is 44.1 Å². The fraction of sp³-hybridized carbons (Fsp3) is 0.269. The van der Waals surface area contributed by atoms with Gasteiger partial charge in [0.15, 0.2) is 11.5 Å². The third kappa shape index (κ3) is 3.81. The molecule has 3 aromatic rings. The number of carbonyl (C=O) groups is 2. The molecule has 2 heterocycles. The van der Waals surface area contributed by atoms with E-state index in [4.69, 9.17) is 14.0 Å². The highest BCUT2D eigenvalue weighted by Crippen LogP contribution is 2.49. The van der Waals surface area contributed by atoms with Gasteiger partial charge in [0.2, 0.25) is 0 Å². The molecule has 0 aliphatic carbocycles. The van der Waals surface area contributed by atoms with Crippen molar-refractivity contribution in [1.29, 1.82) is 0 Å². The number of aliphatic hydroxyl groups is 1. The summed E-state index contributed by atoms with van der Waals surface area (Å²) >= 11 is 0. The zero-order chi connectivity index (χ0) is 24.6. The van der Waals surface area contributed by atoms with Gasteiger partial charge in [-0.05, 0) is 24.3 Å². The van der Waals surface area contributed by atoms with Crippen molar-refractivity contribution < 1.29 is 28.7 Å². The van der Waals surface area contributed by atoms with Crippen LogP contribution in [0.3, 0.4) is 0 Å². The van der Waals surface area contributed by atoms with Gasteiger partial charge in [0.05, 0.1) is 25.4 Å². The van der Waals surface area contributed by atoms with Crippen molar-refractivity contribution in [3.63, 3.8) is 0 Å². The average molecular weight is 463 g/mol. The zero-order valence-corrected chi connectivity index (χ0v) is 19.7. The Morgan fingerprint density at radius 3 is 2.15 bits per heavy atom. The molecule has 0 fully saturated rings. The van der Waals surface area contributed by atoms with Crippen LogP contribution in [-0.4, -0.2) is 36.2 Å². The van der Waals surface area contributed by atoms with Crippen LogP contribution < -0.4 is 14.4 Å². The highest BCUT2D eigenvalue weighted by molar-refractivity contribution is 6.17. The summed E-state index contributed by atoms with van der Waals surface area (Å²) in [6, 6.07) is 13.0. The van der Waals surface area contributed by atoms with Crippen molar-refractivity contribution in [1.82, 2.24) is 5.16 Å². The van der Waals surface area contributed by atoms with Crippen molar-refractivity contribution >= 4 is 17.4 Å². The van der Waals surface area contributed by atoms with Gasteiger partial charge in [-0.3, -0.25) is 14.5 Å². The van der Waals surface area contributed by atoms with Crippen LogP contribution >= 0.6 is 0 Å². The van der Waals surface area contributed by atoms with E-state index in [0.717, 1.165) is 5.56 Å². The molecule has 0 saturated heterocycles. The van der Waals surface area contributed by atoms with Crippen LogP contribution in [0.5, 0.6) is 11.5 Å². The topological polar surface area (TPSA) is 102 Å². The van der Waals surface area contributed by atoms with E-state index >= 15 is 0 Å². The molecule has 1 unspecified atom stereocenters. The first-order chi connectivity index (χ1) is 16.2. The minimum Gasteiger partial charge on any atom is -0.503 e. The van der Waals surface area contributed by atoms with Crippen LogP contribution in [0.15, 0.2) is 70.6 Å². The molecule has 8 heteroatoms. The molecule has 1 amide bonds. The number of hydrogen-bond donors (Lipinski definition) is 1. The third-order valence-electron chi connectivity index (χ3n) is 5.75. The predicted octanol–water partition coefficient (Wildman–Crippen LogP) is 4.87. The first kappa shape index (κ1) is 23.1. The van der Waals surface area contributed by atoms with Crippen LogP contribution in [0.2, 0.25) is 0 Å². The molecule has 0 spiro atoms. The summed E-state index contributed by atoms with van der Waals surface area (Å²) in [7, 11) is 3.00. The number of rotatable bonds is 6. The normalized spacial score (nSPS) is 16.2. The van der Waals surface area contributed by atoms with E-state index in [-0.39, 0.29) is 11.4 Å². The Labute approximate surface area is 197 Å². The van der Waals surface area contributed by atoms with E-state index < -0.39 is 23.1 Å². The van der Waals surface area contributed by atoms with E-state index in [1.807, 2.05) is 0 Å². The lowest BCUT2D eigenvalue weighted by Gasteiger charge is -2.30. The van der Waals surface area contributed by atoms with Crippen molar-refractivity contribution in [3.05, 3.63) is 71.7 Å². The molecule has 34 heavy (non-hydrogen) atoms. The molecule has 0 saturated carbocycles. The SMILES string of the molecule is COc1cccc(OC)c1C1C(C(=O)C(C)(C)C)=C(O)C(=O)N1c1ccc(-c2ccon2)cc1. The van der Waals surface area contributed by atoms with E-state index in [1.165, 1.54) is 25.4 Å². The summed E-state index contributed by atoms with van der Waals surface area (Å²) in [6.45, 7) is 5.23. The van der Waals surface area contributed by atoms with E-state index in [0.29, 0.717) is 28.4 Å². The summed E-state index contributed by atoms with van der Waals surface area (Å²) in [5.74, 6) is -0.762. The van der Waals surface area contributed by atoms with Crippen molar-refractivity contribution in [2.24, 2.45) is 5.41 Å². The lowest BCUT2D eigenvalue weighted by molar-refractivity contribution is -0.123. The first-order valence-corrected chi connectivity index (χ1v) is 10.7. The number of anilines is 1. The maximum atomic E-state index is 13.5. The quantitative estimate of drug-likeness (QED) is 0.557.